The normalized spacial score (nSPS) is 32.2. The third-order valence-electron chi connectivity index (χ3n) is 7.51. The smallest absolute Gasteiger partial charge is 0.335 e. The van der Waals surface area contributed by atoms with E-state index in [1.165, 1.54) is 0 Å². The lowest BCUT2D eigenvalue weighted by molar-refractivity contribution is -0.156. The Morgan fingerprint density at radius 3 is 2.47 bits per heavy atom. The largest absolute Gasteiger partial charge is 0.505 e. The lowest BCUT2D eigenvalue weighted by Crippen LogP contribution is -2.44. The number of carboxylic acids is 1. The molecular weight excluding hydrogens is 410 g/mol. The third kappa shape index (κ3) is 4.22. The fraction of sp³-hybridized carbons (Fsp3) is 0.600. The average Bonchev–Trinajstić information content (AvgIpc) is 2.98. The van der Waals surface area contributed by atoms with Crippen LogP contribution in [0.2, 0.25) is 0 Å². The molecule has 0 aliphatic heterocycles. The van der Waals surface area contributed by atoms with Gasteiger partial charge in [-0.05, 0) is 57.3 Å². The molecule has 7 nitrogen and oxygen atoms in total. The number of ketones is 1. The number of hydrogen-bond acceptors (Lipinski definition) is 5. The number of rotatable bonds is 6. The molecule has 5 N–H and O–H groups in total. The number of carbonyl (C=O) groups is 2. The van der Waals surface area contributed by atoms with E-state index < -0.39 is 35.5 Å². The van der Waals surface area contributed by atoms with E-state index in [9.17, 15) is 30.0 Å². The van der Waals surface area contributed by atoms with E-state index in [-0.39, 0.29) is 34.8 Å². The predicted octanol–water partition coefficient (Wildman–Crippen LogP) is 4.05. The molecule has 1 heterocycles. The standard InChI is InChI=1S/C25H35NO6/c1-6-13(3)16-8-7-15-10-12(2)9-14(4)18(15)19(16)22(28)20-21(27)17(26-23(20)29)11-25(5,32)24(30)31/h6-8,12,14-16,18-19,26-27,29,32H,9-11H2,1-5H3,(H,30,31)/t12-,14+,15-,16+,18-,19-,25-/m1/s1. The van der Waals surface area contributed by atoms with Gasteiger partial charge in [0.2, 0.25) is 5.88 Å². The van der Waals surface area contributed by atoms with Crippen LogP contribution >= 0.6 is 0 Å². The van der Waals surface area contributed by atoms with Crippen LogP contribution in [0, 0.1) is 35.5 Å². The number of aromatic nitrogens is 1. The molecule has 7 heteroatoms. The lowest BCUT2D eigenvalue weighted by atomic mass is 9.56. The van der Waals surface area contributed by atoms with E-state index in [0.717, 1.165) is 25.3 Å². The van der Waals surface area contributed by atoms with E-state index in [2.05, 4.69) is 31.0 Å². The molecule has 7 atom stereocenters. The number of aliphatic carboxylic acids is 1. The Labute approximate surface area is 188 Å². The summed E-state index contributed by atoms with van der Waals surface area (Å²) >= 11 is 0. The molecule has 2 aliphatic rings. The predicted molar refractivity (Wildman–Crippen MR) is 121 cm³/mol. The molecule has 32 heavy (non-hydrogen) atoms. The average molecular weight is 446 g/mol. The van der Waals surface area contributed by atoms with Crippen LogP contribution in [0.15, 0.2) is 23.8 Å². The van der Waals surface area contributed by atoms with Gasteiger partial charge in [0.15, 0.2) is 17.1 Å². The summed E-state index contributed by atoms with van der Waals surface area (Å²) in [5, 5.41) is 40.6. The Morgan fingerprint density at radius 1 is 1.22 bits per heavy atom. The van der Waals surface area contributed by atoms with Crippen molar-refractivity contribution < 1.29 is 30.0 Å². The van der Waals surface area contributed by atoms with Gasteiger partial charge in [0.05, 0.1) is 5.69 Å². The first-order valence-corrected chi connectivity index (χ1v) is 11.3. The number of carboxylic acid groups (broad SMARTS) is 1. The number of H-pyrrole nitrogens is 1. The highest BCUT2D eigenvalue weighted by molar-refractivity contribution is 6.03. The van der Waals surface area contributed by atoms with Crippen LogP contribution in [0.4, 0.5) is 0 Å². The third-order valence-corrected chi connectivity index (χ3v) is 7.51. The number of allylic oxidation sites excluding steroid dienone is 4. The van der Waals surface area contributed by atoms with Crippen molar-refractivity contribution in [1.82, 2.24) is 4.98 Å². The summed E-state index contributed by atoms with van der Waals surface area (Å²) in [7, 11) is 0. The second-order valence-electron chi connectivity index (χ2n) is 10.1. The molecule has 3 rings (SSSR count). The zero-order chi connectivity index (χ0) is 24.0. The molecule has 1 saturated carbocycles. The van der Waals surface area contributed by atoms with Crippen molar-refractivity contribution in [2.75, 3.05) is 0 Å². The zero-order valence-electron chi connectivity index (χ0n) is 19.4. The molecule has 0 unspecified atom stereocenters. The summed E-state index contributed by atoms with van der Waals surface area (Å²) in [6.07, 6.45) is 7.83. The van der Waals surface area contributed by atoms with Crippen molar-refractivity contribution in [3.8, 4) is 11.6 Å². The molecule has 0 bridgehead atoms. The Hall–Kier alpha value is -2.54. The fourth-order valence-corrected chi connectivity index (χ4v) is 5.82. The monoisotopic (exact) mass is 445 g/mol. The van der Waals surface area contributed by atoms with Crippen molar-refractivity contribution >= 4 is 11.8 Å². The van der Waals surface area contributed by atoms with Crippen LogP contribution in [-0.4, -0.2) is 42.8 Å². The SMILES string of the molecule is CC=C(C)[C@@H]1C=C[C@@H]2C[C@H](C)C[C@H](C)[C@H]2[C@@H]1C(=O)c1c(O)[nH]c(C[C@@](C)(O)C(=O)O)c1O. The molecule has 176 valence electrons. The topological polar surface area (TPSA) is 131 Å². The molecule has 2 aliphatic carbocycles. The van der Waals surface area contributed by atoms with E-state index >= 15 is 0 Å². The molecule has 1 fully saturated rings. The van der Waals surface area contributed by atoms with Gasteiger partial charge >= 0.3 is 5.97 Å². The van der Waals surface area contributed by atoms with E-state index in [0.29, 0.717) is 11.8 Å². The highest BCUT2D eigenvalue weighted by Gasteiger charge is 2.48. The maximum atomic E-state index is 13.9. The van der Waals surface area contributed by atoms with Gasteiger partial charge in [-0.15, -0.1) is 0 Å². The van der Waals surface area contributed by atoms with Crippen LogP contribution in [-0.2, 0) is 11.2 Å². The van der Waals surface area contributed by atoms with Gasteiger partial charge in [0.1, 0.15) is 5.56 Å². The number of aromatic amines is 1. The molecule has 0 aromatic carbocycles. The first-order valence-electron chi connectivity index (χ1n) is 11.3. The summed E-state index contributed by atoms with van der Waals surface area (Å²) in [4.78, 5) is 27.7. The Bertz CT molecular complexity index is 956. The Morgan fingerprint density at radius 2 is 1.88 bits per heavy atom. The summed E-state index contributed by atoms with van der Waals surface area (Å²) in [5.41, 5.74) is -1.41. The highest BCUT2D eigenvalue weighted by Crippen LogP contribution is 2.51. The molecule has 0 amide bonds. The molecule has 0 saturated heterocycles. The van der Waals surface area contributed by atoms with Crippen LogP contribution in [0.3, 0.4) is 0 Å². The van der Waals surface area contributed by atoms with Gasteiger partial charge in [-0.1, -0.05) is 37.6 Å². The summed E-state index contributed by atoms with van der Waals surface area (Å²) in [6, 6.07) is 0. The molecule has 1 aromatic rings. The Kier molecular flexibility index (Phi) is 6.61. The number of nitrogens with one attached hydrogen (secondary N) is 1. The van der Waals surface area contributed by atoms with Gasteiger partial charge in [-0.25, -0.2) is 4.79 Å². The maximum Gasteiger partial charge on any atom is 0.335 e. The van der Waals surface area contributed by atoms with E-state index in [1.807, 2.05) is 19.9 Å². The van der Waals surface area contributed by atoms with Crippen molar-refractivity contribution in [2.45, 2.75) is 59.5 Å². The first-order chi connectivity index (χ1) is 14.9. The van der Waals surface area contributed by atoms with Crippen LogP contribution in [0.25, 0.3) is 0 Å². The quantitative estimate of drug-likeness (QED) is 0.332. The van der Waals surface area contributed by atoms with Crippen molar-refractivity contribution in [3.63, 3.8) is 0 Å². The van der Waals surface area contributed by atoms with Crippen molar-refractivity contribution in [3.05, 3.63) is 35.1 Å². The molecule has 1 aromatic heterocycles. The van der Waals surface area contributed by atoms with Gasteiger partial charge in [-0.2, -0.15) is 0 Å². The van der Waals surface area contributed by atoms with E-state index in [1.54, 1.807) is 0 Å². The number of hydrogen-bond donors (Lipinski definition) is 5. The molecule has 0 radical (unpaired) electrons. The van der Waals surface area contributed by atoms with Gasteiger partial charge in [-0.3, -0.25) is 4.79 Å². The molecule has 0 spiro atoms. The number of carbonyl (C=O) groups excluding carboxylic acids is 1. The summed E-state index contributed by atoms with van der Waals surface area (Å²) in [6.45, 7) is 9.41. The van der Waals surface area contributed by atoms with Gasteiger partial charge in [0, 0.05) is 18.3 Å². The summed E-state index contributed by atoms with van der Waals surface area (Å²) in [5.74, 6) is -2.24. The second-order valence-corrected chi connectivity index (χ2v) is 10.1. The van der Waals surface area contributed by atoms with Crippen LogP contribution in [0.1, 0.15) is 63.5 Å². The van der Waals surface area contributed by atoms with Crippen LogP contribution in [0.5, 0.6) is 11.6 Å². The minimum absolute atomic E-state index is 0.0721. The van der Waals surface area contributed by atoms with Gasteiger partial charge < -0.3 is 25.4 Å². The first kappa shape index (κ1) is 24.1. The highest BCUT2D eigenvalue weighted by atomic mass is 16.4. The fourth-order valence-electron chi connectivity index (χ4n) is 5.82. The number of aromatic hydroxyl groups is 2. The van der Waals surface area contributed by atoms with Crippen LogP contribution < -0.4 is 0 Å². The summed E-state index contributed by atoms with van der Waals surface area (Å²) < 4.78 is 0. The van der Waals surface area contributed by atoms with Crippen molar-refractivity contribution in [1.29, 1.82) is 0 Å². The Balaban J connectivity index is 2.05. The minimum atomic E-state index is -2.16. The number of aliphatic hydroxyl groups is 1. The maximum absolute atomic E-state index is 13.9. The van der Waals surface area contributed by atoms with Gasteiger partial charge in [0.25, 0.3) is 0 Å². The number of fused-ring (bicyclic) bond motifs is 1. The number of Topliss-reactive ketones (excluding diaryl/α,β-unsaturated/α-hetero) is 1. The lowest BCUT2D eigenvalue weighted by Gasteiger charge is -2.47. The zero-order valence-corrected chi connectivity index (χ0v) is 19.4. The molecular formula is C25H35NO6. The van der Waals surface area contributed by atoms with Crippen molar-refractivity contribution in [2.24, 2.45) is 35.5 Å². The minimum Gasteiger partial charge on any atom is -0.505 e. The second kappa shape index (κ2) is 8.77. The van der Waals surface area contributed by atoms with E-state index in [4.69, 9.17) is 0 Å².